The summed E-state index contributed by atoms with van der Waals surface area (Å²) in [5.74, 6) is -0.247. The Balaban J connectivity index is 1.43. The average Bonchev–Trinajstić information content (AvgIpc) is 2.94. The van der Waals surface area contributed by atoms with Crippen LogP contribution in [0.2, 0.25) is 10.0 Å². The summed E-state index contributed by atoms with van der Waals surface area (Å²) in [6.07, 6.45) is 1.18. The predicted octanol–water partition coefficient (Wildman–Crippen LogP) is 3.44. The van der Waals surface area contributed by atoms with E-state index in [2.05, 4.69) is 15.3 Å². The van der Waals surface area contributed by atoms with Crippen molar-refractivity contribution < 1.29 is 24.5 Å². The third-order valence-electron chi connectivity index (χ3n) is 6.97. The molecule has 3 amide bonds. The molecule has 41 heavy (non-hydrogen) atoms. The van der Waals surface area contributed by atoms with E-state index in [1.165, 1.54) is 32.3 Å². The fourth-order valence-electron chi connectivity index (χ4n) is 4.72. The van der Waals surface area contributed by atoms with Gasteiger partial charge in [-0.1, -0.05) is 53.5 Å². The maximum absolute atomic E-state index is 13.0. The summed E-state index contributed by atoms with van der Waals surface area (Å²) in [7, 11) is 4.42. The quantitative estimate of drug-likeness (QED) is 0.377. The molecule has 0 saturated carbocycles. The van der Waals surface area contributed by atoms with Gasteiger partial charge >= 0.3 is 6.03 Å². The highest BCUT2D eigenvalue weighted by molar-refractivity contribution is 6.39. The standard InChI is InChI=1S/C28H28Cl2N6O5/c1-34-13-19(27(39)35(2)28(34)40)25(38)32-20-9-5-7-17(24(20)30)16-6-4-8-18(23(16)29)21-10-31-22(26(33-21)41-3)14-36-11-15(37)12-36/h4-10,13,15,27,37,39H,11-12,14H2,1-3H3,(H,32,38). The second kappa shape index (κ2) is 11.6. The number of ether oxygens (including phenoxy) is 1. The van der Waals surface area contributed by atoms with Crippen molar-refractivity contribution in [1.29, 1.82) is 0 Å². The summed E-state index contributed by atoms with van der Waals surface area (Å²) >= 11 is 13.6. The van der Waals surface area contributed by atoms with Gasteiger partial charge in [0.05, 0.1) is 46.4 Å². The molecule has 3 N–H and O–H groups in total. The molecule has 0 bridgehead atoms. The average molecular weight is 599 g/mol. The first-order chi connectivity index (χ1) is 19.6. The number of nitrogens with zero attached hydrogens (tertiary/aromatic N) is 5. The van der Waals surface area contributed by atoms with Gasteiger partial charge in [0.1, 0.15) is 5.69 Å². The number of likely N-dealkylation sites (N-methyl/N-ethyl adjacent to an activating group) is 1. The van der Waals surface area contributed by atoms with Crippen LogP contribution in [0.3, 0.4) is 0 Å². The Morgan fingerprint density at radius 1 is 1.07 bits per heavy atom. The van der Waals surface area contributed by atoms with Gasteiger partial charge in [-0.3, -0.25) is 19.6 Å². The Morgan fingerprint density at radius 3 is 2.41 bits per heavy atom. The molecular formula is C28H28Cl2N6O5. The molecule has 3 heterocycles. The normalized spacial score (nSPS) is 17.8. The number of carbonyl (C=O) groups excluding carboxylic acids is 2. The topological polar surface area (TPSA) is 131 Å². The highest BCUT2D eigenvalue weighted by Crippen LogP contribution is 2.41. The molecule has 1 saturated heterocycles. The molecule has 1 fully saturated rings. The summed E-state index contributed by atoms with van der Waals surface area (Å²) in [6.45, 7) is 1.66. The minimum Gasteiger partial charge on any atom is -0.480 e. The Bertz CT molecular complexity index is 1540. The van der Waals surface area contributed by atoms with E-state index < -0.39 is 18.2 Å². The number of carbonyl (C=O) groups is 2. The number of benzene rings is 2. The van der Waals surface area contributed by atoms with Crippen LogP contribution in [0.4, 0.5) is 10.5 Å². The summed E-state index contributed by atoms with van der Waals surface area (Å²) < 4.78 is 5.49. The lowest BCUT2D eigenvalue weighted by Crippen LogP contribution is -2.50. The highest BCUT2D eigenvalue weighted by Gasteiger charge is 2.33. The first-order valence-electron chi connectivity index (χ1n) is 12.7. The molecule has 2 aliphatic rings. The number of aliphatic hydroxyl groups is 2. The van der Waals surface area contributed by atoms with Gasteiger partial charge < -0.3 is 25.2 Å². The lowest BCUT2D eigenvalue weighted by Gasteiger charge is -2.35. The molecule has 0 spiro atoms. The SMILES string of the molecule is COc1nc(-c2cccc(-c3cccc(NC(=O)C4=CN(C)C(=O)N(C)C4O)c3Cl)c2Cl)cnc1CN1CC(O)C1. The molecule has 13 heteroatoms. The van der Waals surface area contributed by atoms with Crippen molar-refractivity contribution in [2.45, 2.75) is 18.9 Å². The van der Waals surface area contributed by atoms with Crippen molar-refractivity contribution in [3.8, 4) is 28.3 Å². The van der Waals surface area contributed by atoms with E-state index in [4.69, 9.17) is 27.9 Å². The van der Waals surface area contributed by atoms with Gasteiger partial charge in [0.2, 0.25) is 5.88 Å². The third kappa shape index (κ3) is 5.59. The number of β-amino-alcohol motifs (C(OH)–C–C–N with tert-alkyl or cyclic N) is 1. The number of nitrogens with one attached hydrogen (secondary N) is 1. The van der Waals surface area contributed by atoms with Gasteiger partial charge in [-0.2, -0.15) is 0 Å². The predicted molar refractivity (Wildman–Crippen MR) is 154 cm³/mol. The maximum atomic E-state index is 13.0. The number of urea groups is 1. The molecule has 1 atom stereocenters. The van der Waals surface area contributed by atoms with Crippen LogP contribution in [0.25, 0.3) is 22.4 Å². The number of rotatable bonds is 7. The Labute approximate surface area is 246 Å². The first-order valence-corrected chi connectivity index (χ1v) is 13.4. The number of hydrogen-bond acceptors (Lipinski definition) is 8. The summed E-state index contributed by atoms with van der Waals surface area (Å²) in [5, 5.41) is 23.3. The van der Waals surface area contributed by atoms with E-state index in [0.29, 0.717) is 64.3 Å². The van der Waals surface area contributed by atoms with Crippen molar-refractivity contribution in [3.63, 3.8) is 0 Å². The van der Waals surface area contributed by atoms with Gasteiger partial charge in [-0.15, -0.1) is 0 Å². The minimum absolute atomic E-state index is 0.0163. The van der Waals surface area contributed by atoms with E-state index in [1.807, 2.05) is 17.0 Å². The van der Waals surface area contributed by atoms with Crippen LogP contribution >= 0.6 is 23.2 Å². The van der Waals surface area contributed by atoms with Crippen LogP contribution < -0.4 is 10.1 Å². The number of amides is 3. The monoisotopic (exact) mass is 598 g/mol. The third-order valence-corrected chi connectivity index (χ3v) is 7.79. The molecule has 2 aliphatic heterocycles. The Hall–Kier alpha value is -3.74. The lowest BCUT2D eigenvalue weighted by atomic mass is 10.0. The van der Waals surface area contributed by atoms with Crippen LogP contribution in [-0.4, -0.2) is 93.4 Å². The molecule has 0 radical (unpaired) electrons. The number of aromatic nitrogens is 2. The Kier molecular flexibility index (Phi) is 8.16. The van der Waals surface area contributed by atoms with Gasteiger partial charge in [-0.25, -0.2) is 9.78 Å². The molecule has 1 aromatic heterocycles. The van der Waals surface area contributed by atoms with Gasteiger partial charge in [0, 0.05) is 56.6 Å². The van der Waals surface area contributed by atoms with Crippen LogP contribution in [0.15, 0.2) is 54.4 Å². The van der Waals surface area contributed by atoms with Crippen LogP contribution in [-0.2, 0) is 11.3 Å². The van der Waals surface area contributed by atoms with E-state index in [0.717, 1.165) is 4.90 Å². The number of methoxy groups -OCH3 is 1. The molecule has 3 aromatic rings. The minimum atomic E-state index is -1.41. The van der Waals surface area contributed by atoms with E-state index in [9.17, 15) is 19.8 Å². The van der Waals surface area contributed by atoms with Gasteiger partial charge in [0.15, 0.2) is 6.23 Å². The van der Waals surface area contributed by atoms with Crippen LogP contribution in [0.1, 0.15) is 5.69 Å². The zero-order chi connectivity index (χ0) is 29.4. The van der Waals surface area contributed by atoms with Crippen LogP contribution in [0.5, 0.6) is 5.88 Å². The second-order valence-corrected chi connectivity index (χ2v) is 10.6. The molecule has 214 valence electrons. The van der Waals surface area contributed by atoms with Crippen molar-refractivity contribution in [2.75, 3.05) is 39.6 Å². The molecule has 5 rings (SSSR count). The van der Waals surface area contributed by atoms with E-state index in [1.54, 1.807) is 30.5 Å². The van der Waals surface area contributed by atoms with E-state index >= 15 is 0 Å². The van der Waals surface area contributed by atoms with Crippen molar-refractivity contribution in [2.24, 2.45) is 0 Å². The molecule has 2 aromatic carbocycles. The second-order valence-electron chi connectivity index (χ2n) is 9.81. The first kappa shape index (κ1) is 28.8. The molecule has 0 aliphatic carbocycles. The largest absolute Gasteiger partial charge is 0.480 e. The number of halogens is 2. The van der Waals surface area contributed by atoms with E-state index in [-0.39, 0.29) is 16.7 Å². The number of anilines is 1. The molecule has 1 unspecified atom stereocenters. The van der Waals surface area contributed by atoms with Crippen molar-refractivity contribution in [3.05, 3.63) is 70.1 Å². The fourth-order valence-corrected chi connectivity index (χ4v) is 5.32. The molecule has 11 nitrogen and oxygen atoms in total. The van der Waals surface area contributed by atoms with Crippen molar-refractivity contribution in [1.82, 2.24) is 24.7 Å². The lowest BCUT2D eigenvalue weighted by molar-refractivity contribution is -0.114. The van der Waals surface area contributed by atoms with Crippen LogP contribution in [0, 0.1) is 0 Å². The summed E-state index contributed by atoms with van der Waals surface area (Å²) in [6, 6.07) is 10.1. The highest BCUT2D eigenvalue weighted by atomic mass is 35.5. The Morgan fingerprint density at radius 2 is 1.73 bits per heavy atom. The zero-order valence-corrected chi connectivity index (χ0v) is 24.0. The van der Waals surface area contributed by atoms with Gasteiger partial charge in [-0.05, 0) is 6.07 Å². The maximum Gasteiger partial charge on any atom is 0.325 e. The van der Waals surface area contributed by atoms with Crippen molar-refractivity contribution >= 4 is 40.8 Å². The summed E-state index contributed by atoms with van der Waals surface area (Å²) in [5.41, 5.74) is 3.21. The van der Waals surface area contributed by atoms with Gasteiger partial charge in [0.25, 0.3) is 5.91 Å². The zero-order valence-electron chi connectivity index (χ0n) is 22.5. The number of aliphatic hydroxyl groups excluding tert-OH is 2. The smallest absolute Gasteiger partial charge is 0.325 e. The number of hydrogen-bond donors (Lipinski definition) is 3. The molecular weight excluding hydrogens is 571 g/mol. The fraction of sp³-hybridized carbons (Fsp3) is 0.286. The number of likely N-dealkylation sites (tertiary alicyclic amines) is 1. The summed E-state index contributed by atoms with van der Waals surface area (Å²) in [4.78, 5) is 38.6.